The minimum Gasteiger partial charge on any atom is -0.314 e. The molecule has 1 aliphatic carbocycles. The van der Waals surface area contributed by atoms with Crippen molar-refractivity contribution in [1.29, 1.82) is 0 Å². The van der Waals surface area contributed by atoms with Gasteiger partial charge in [-0.25, -0.2) is 4.39 Å². The van der Waals surface area contributed by atoms with Crippen LogP contribution in [-0.4, -0.2) is 31.1 Å². The highest BCUT2D eigenvalue weighted by atomic mass is 35.5. The van der Waals surface area contributed by atoms with Crippen molar-refractivity contribution < 1.29 is 4.39 Å². The van der Waals surface area contributed by atoms with E-state index in [0.29, 0.717) is 10.9 Å². The summed E-state index contributed by atoms with van der Waals surface area (Å²) in [6.07, 6.45) is 3.69. The lowest BCUT2D eigenvalue weighted by atomic mass is 9.76. The maximum atomic E-state index is 14.2. The van der Waals surface area contributed by atoms with E-state index in [1.165, 1.54) is 25.3 Å². The van der Waals surface area contributed by atoms with Crippen LogP contribution in [0.15, 0.2) is 18.2 Å². The van der Waals surface area contributed by atoms with Crippen molar-refractivity contribution in [1.82, 2.24) is 10.2 Å². The number of rotatable bonds is 3. The van der Waals surface area contributed by atoms with E-state index in [4.69, 9.17) is 11.6 Å². The quantitative estimate of drug-likeness (QED) is 0.916. The Balaban J connectivity index is 1.90. The van der Waals surface area contributed by atoms with Gasteiger partial charge in [0.1, 0.15) is 5.82 Å². The normalized spacial score (nSPS) is 23.1. The number of nitrogens with zero attached hydrogens (tertiary/aromatic N) is 1. The second-order valence-electron chi connectivity index (χ2n) is 5.59. The van der Waals surface area contributed by atoms with Crippen molar-refractivity contribution in [3.05, 3.63) is 34.6 Å². The van der Waals surface area contributed by atoms with E-state index >= 15 is 0 Å². The van der Waals surface area contributed by atoms with Crippen molar-refractivity contribution in [2.75, 3.05) is 26.2 Å². The molecule has 19 heavy (non-hydrogen) atoms. The Kier molecular flexibility index (Phi) is 4.06. The maximum Gasteiger partial charge on any atom is 0.128 e. The van der Waals surface area contributed by atoms with Gasteiger partial charge >= 0.3 is 0 Å². The molecule has 1 aromatic carbocycles. The van der Waals surface area contributed by atoms with Crippen molar-refractivity contribution in [2.45, 2.75) is 25.3 Å². The second kappa shape index (κ2) is 5.78. The van der Waals surface area contributed by atoms with E-state index < -0.39 is 0 Å². The molecular formula is C15H20ClFN2. The summed E-state index contributed by atoms with van der Waals surface area (Å²) in [6.45, 7) is 3.97. The summed E-state index contributed by atoms with van der Waals surface area (Å²) in [4.78, 5) is 2.43. The van der Waals surface area contributed by atoms with E-state index in [1.54, 1.807) is 6.07 Å². The van der Waals surface area contributed by atoms with Crippen LogP contribution in [0.4, 0.5) is 4.39 Å². The fourth-order valence-electron chi connectivity index (χ4n) is 3.21. The standard InChI is InChI=1S/C15H20ClFN2/c16-12-4-5-14(17)13(10-12)15(11-2-1-3-11)19-8-6-18-7-9-19/h4-5,10-11,15,18H,1-3,6-9H2/t15-/m0/s1. The molecule has 0 spiro atoms. The lowest BCUT2D eigenvalue weighted by Crippen LogP contribution is -2.48. The smallest absolute Gasteiger partial charge is 0.128 e. The number of halogens is 2. The third-order valence-electron chi connectivity index (χ3n) is 4.42. The number of piperazine rings is 1. The van der Waals surface area contributed by atoms with E-state index in [-0.39, 0.29) is 11.9 Å². The van der Waals surface area contributed by atoms with Crippen LogP contribution in [0, 0.1) is 11.7 Å². The van der Waals surface area contributed by atoms with Crippen molar-refractivity contribution in [3.8, 4) is 0 Å². The second-order valence-corrected chi connectivity index (χ2v) is 6.02. The molecule has 2 nitrogen and oxygen atoms in total. The molecule has 104 valence electrons. The molecule has 1 atom stereocenters. The lowest BCUT2D eigenvalue weighted by molar-refractivity contribution is 0.0812. The molecule has 0 radical (unpaired) electrons. The maximum absolute atomic E-state index is 14.2. The summed E-state index contributed by atoms with van der Waals surface area (Å²) < 4.78 is 14.2. The molecule has 1 saturated heterocycles. The molecule has 2 aliphatic rings. The Labute approximate surface area is 118 Å². The summed E-state index contributed by atoms with van der Waals surface area (Å²) in [5.41, 5.74) is 0.791. The van der Waals surface area contributed by atoms with Crippen LogP contribution in [0.2, 0.25) is 5.02 Å². The minimum absolute atomic E-state index is 0.111. The van der Waals surface area contributed by atoms with Gasteiger partial charge in [0, 0.05) is 42.8 Å². The number of nitrogens with one attached hydrogen (secondary N) is 1. The Morgan fingerprint density at radius 1 is 1.26 bits per heavy atom. The molecule has 1 heterocycles. The first-order valence-electron chi connectivity index (χ1n) is 7.15. The Bertz CT molecular complexity index is 442. The fourth-order valence-corrected chi connectivity index (χ4v) is 3.39. The van der Waals surface area contributed by atoms with E-state index in [9.17, 15) is 4.39 Å². The first-order valence-corrected chi connectivity index (χ1v) is 7.53. The summed E-state index contributed by atoms with van der Waals surface area (Å²) in [7, 11) is 0. The van der Waals surface area contributed by atoms with Crippen LogP contribution in [0.5, 0.6) is 0 Å². The van der Waals surface area contributed by atoms with E-state index in [1.807, 2.05) is 6.07 Å². The Morgan fingerprint density at radius 2 is 2.00 bits per heavy atom. The predicted octanol–water partition coefficient (Wildman–Crippen LogP) is 3.23. The number of benzene rings is 1. The molecular weight excluding hydrogens is 263 g/mol. The van der Waals surface area contributed by atoms with Crippen LogP contribution in [-0.2, 0) is 0 Å². The monoisotopic (exact) mass is 282 g/mol. The Hall–Kier alpha value is -0.640. The molecule has 2 fully saturated rings. The van der Waals surface area contributed by atoms with Crippen LogP contribution in [0.3, 0.4) is 0 Å². The fraction of sp³-hybridized carbons (Fsp3) is 0.600. The van der Waals surface area contributed by atoms with Crippen LogP contribution < -0.4 is 5.32 Å². The minimum atomic E-state index is -0.111. The van der Waals surface area contributed by atoms with E-state index in [0.717, 1.165) is 31.7 Å². The molecule has 1 aromatic rings. The molecule has 3 rings (SSSR count). The Morgan fingerprint density at radius 3 is 2.63 bits per heavy atom. The SMILES string of the molecule is Fc1ccc(Cl)cc1[C@H](C1CCC1)N1CCNCC1. The van der Waals surface area contributed by atoms with Crippen molar-refractivity contribution in [2.24, 2.45) is 5.92 Å². The van der Waals surface area contributed by atoms with Crippen molar-refractivity contribution in [3.63, 3.8) is 0 Å². The highest BCUT2D eigenvalue weighted by molar-refractivity contribution is 6.30. The largest absolute Gasteiger partial charge is 0.314 e. The highest BCUT2D eigenvalue weighted by Crippen LogP contribution is 2.42. The average Bonchev–Trinajstić information content (AvgIpc) is 2.38. The lowest BCUT2D eigenvalue weighted by Gasteiger charge is -2.43. The topological polar surface area (TPSA) is 15.3 Å². The molecule has 4 heteroatoms. The van der Waals surface area contributed by atoms with Gasteiger partial charge in [0.25, 0.3) is 0 Å². The zero-order chi connectivity index (χ0) is 13.2. The summed E-state index contributed by atoms with van der Waals surface area (Å²) in [6, 6.07) is 5.17. The zero-order valence-electron chi connectivity index (χ0n) is 11.0. The summed E-state index contributed by atoms with van der Waals surface area (Å²) in [5, 5.41) is 4.00. The van der Waals surface area contributed by atoms with Gasteiger partial charge in [0.05, 0.1) is 0 Å². The van der Waals surface area contributed by atoms with Gasteiger partial charge in [-0.2, -0.15) is 0 Å². The van der Waals surface area contributed by atoms with Crippen LogP contribution in [0.1, 0.15) is 30.9 Å². The summed E-state index contributed by atoms with van der Waals surface area (Å²) >= 11 is 6.07. The molecule has 0 unspecified atom stereocenters. The van der Waals surface area contributed by atoms with Gasteiger partial charge in [-0.3, -0.25) is 4.90 Å². The van der Waals surface area contributed by atoms with Gasteiger partial charge in [0.15, 0.2) is 0 Å². The van der Waals surface area contributed by atoms with Gasteiger partial charge in [-0.15, -0.1) is 0 Å². The first-order chi connectivity index (χ1) is 9.25. The number of hydrogen-bond acceptors (Lipinski definition) is 2. The highest BCUT2D eigenvalue weighted by Gasteiger charge is 2.35. The summed E-state index contributed by atoms with van der Waals surface area (Å²) in [5.74, 6) is 0.478. The molecule has 0 bridgehead atoms. The van der Waals surface area contributed by atoms with Gasteiger partial charge < -0.3 is 5.32 Å². The van der Waals surface area contributed by atoms with Crippen LogP contribution >= 0.6 is 11.6 Å². The first kappa shape index (κ1) is 13.3. The van der Waals surface area contributed by atoms with Crippen molar-refractivity contribution >= 4 is 11.6 Å². The molecule has 1 saturated carbocycles. The van der Waals surface area contributed by atoms with Gasteiger partial charge in [-0.05, 0) is 37.0 Å². The molecule has 1 N–H and O–H groups in total. The van der Waals surface area contributed by atoms with Crippen LogP contribution in [0.25, 0.3) is 0 Å². The third-order valence-corrected chi connectivity index (χ3v) is 4.65. The van der Waals surface area contributed by atoms with Gasteiger partial charge in [0.2, 0.25) is 0 Å². The third kappa shape index (κ3) is 2.78. The molecule has 1 aliphatic heterocycles. The molecule has 0 amide bonds. The van der Waals surface area contributed by atoms with Gasteiger partial charge in [-0.1, -0.05) is 18.0 Å². The van der Waals surface area contributed by atoms with E-state index in [2.05, 4.69) is 10.2 Å². The molecule has 0 aromatic heterocycles. The number of hydrogen-bond donors (Lipinski definition) is 1. The predicted molar refractivity (Wildman–Crippen MR) is 75.9 cm³/mol. The average molecular weight is 283 g/mol. The zero-order valence-corrected chi connectivity index (χ0v) is 11.8.